The number of nitrogens with zero attached hydrogens (tertiary/aromatic N) is 2. The predicted molar refractivity (Wildman–Crippen MR) is 81.4 cm³/mol. The molecule has 1 heterocycles. The first-order chi connectivity index (χ1) is 9.05. The number of benzene rings is 1. The van der Waals surface area contributed by atoms with E-state index >= 15 is 0 Å². The van der Waals surface area contributed by atoms with Crippen LogP contribution in [-0.4, -0.2) is 29.7 Å². The highest BCUT2D eigenvalue weighted by Gasteiger charge is 2.50. The first-order valence-corrected chi connectivity index (χ1v) is 6.98. The molecule has 0 radical (unpaired) electrons. The fourth-order valence-electron chi connectivity index (χ4n) is 3.60. The van der Waals surface area contributed by atoms with E-state index in [9.17, 15) is 0 Å². The highest BCUT2D eigenvalue weighted by molar-refractivity contribution is 5.60. The van der Waals surface area contributed by atoms with Gasteiger partial charge in [0.15, 0.2) is 0 Å². The minimum absolute atomic E-state index is 0.0367. The van der Waals surface area contributed by atoms with Crippen molar-refractivity contribution in [3.63, 3.8) is 0 Å². The van der Waals surface area contributed by atoms with Gasteiger partial charge in [-0.1, -0.05) is 42.5 Å². The van der Waals surface area contributed by atoms with Crippen LogP contribution in [0.15, 0.2) is 48.6 Å². The van der Waals surface area contributed by atoms with Crippen molar-refractivity contribution in [1.29, 1.82) is 0 Å². The van der Waals surface area contributed by atoms with Gasteiger partial charge in [0.1, 0.15) is 0 Å². The van der Waals surface area contributed by atoms with Gasteiger partial charge < -0.3 is 4.90 Å². The lowest BCUT2D eigenvalue weighted by atomic mass is 9.87. The Morgan fingerprint density at radius 1 is 1.16 bits per heavy atom. The fraction of sp³-hybridized carbons (Fsp3) is 0.412. The summed E-state index contributed by atoms with van der Waals surface area (Å²) in [5.74, 6) is 0. The van der Waals surface area contributed by atoms with Crippen LogP contribution in [0.2, 0.25) is 0 Å². The Labute approximate surface area is 116 Å². The quantitative estimate of drug-likeness (QED) is 0.758. The topological polar surface area (TPSA) is 6.48 Å². The molecule has 0 amide bonds. The van der Waals surface area contributed by atoms with Gasteiger partial charge in [0.2, 0.25) is 0 Å². The third kappa shape index (κ3) is 1.67. The smallest absolute Gasteiger partial charge is 0.0805 e. The van der Waals surface area contributed by atoms with Crippen LogP contribution in [0.3, 0.4) is 0 Å². The maximum Gasteiger partial charge on any atom is 0.0805 e. The van der Waals surface area contributed by atoms with E-state index in [4.69, 9.17) is 0 Å². The molecule has 0 bridgehead atoms. The molecule has 2 aliphatic rings. The van der Waals surface area contributed by atoms with E-state index in [1.54, 1.807) is 0 Å². The van der Waals surface area contributed by atoms with E-state index in [-0.39, 0.29) is 5.54 Å². The van der Waals surface area contributed by atoms with Crippen molar-refractivity contribution < 1.29 is 0 Å². The largest absolute Gasteiger partial charge is 0.345 e. The molecule has 1 aromatic carbocycles. The summed E-state index contributed by atoms with van der Waals surface area (Å²) in [6.07, 6.45) is 9.38. The lowest BCUT2D eigenvalue weighted by molar-refractivity contribution is 0.274. The second-order valence-corrected chi connectivity index (χ2v) is 5.87. The highest BCUT2D eigenvalue weighted by Crippen LogP contribution is 2.42. The molecular weight excluding hydrogens is 232 g/mol. The fourth-order valence-corrected chi connectivity index (χ4v) is 3.60. The molecule has 100 valence electrons. The molecule has 1 aliphatic heterocycles. The number of anilines is 1. The molecule has 0 spiro atoms. The monoisotopic (exact) mass is 254 g/mol. The standard InChI is InChI=1S/C17H22N2/c1-13-9-5-6-10-15(13)19-14(2)18(4)16-11-7-8-12-17(16,19)3/h5-12,14,16H,1-4H3. The zero-order chi connectivity index (χ0) is 13.6. The Balaban J connectivity index is 2.13. The summed E-state index contributed by atoms with van der Waals surface area (Å²) in [5, 5.41) is 0. The van der Waals surface area contributed by atoms with E-state index < -0.39 is 0 Å². The molecule has 3 rings (SSSR count). The van der Waals surface area contributed by atoms with Crippen LogP contribution in [0.4, 0.5) is 5.69 Å². The lowest BCUT2D eigenvalue weighted by Crippen LogP contribution is -2.48. The molecule has 0 aromatic heterocycles. The van der Waals surface area contributed by atoms with Crippen molar-refractivity contribution in [3.05, 3.63) is 54.1 Å². The molecule has 1 aliphatic carbocycles. The number of fused-ring (bicyclic) bond motifs is 1. The molecular formula is C17H22N2. The van der Waals surface area contributed by atoms with Gasteiger partial charge in [-0.2, -0.15) is 0 Å². The Morgan fingerprint density at radius 3 is 2.63 bits per heavy atom. The van der Waals surface area contributed by atoms with Gasteiger partial charge in [-0.25, -0.2) is 0 Å². The van der Waals surface area contributed by atoms with E-state index in [0.29, 0.717) is 12.2 Å². The Kier molecular flexibility index (Phi) is 2.79. The van der Waals surface area contributed by atoms with Gasteiger partial charge in [0.05, 0.1) is 17.7 Å². The summed E-state index contributed by atoms with van der Waals surface area (Å²) >= 11 is 0. The maximum absolute atomic E-state index is 2.55. The minimum Gasteiger partial charge on any atom is -0.345 e. The third-order valence-electron chi connectivity index (χ3n) is 4.73. The van der Waals surface area contributed by atoms with Crippen LogP contribution in [0, 0.1) is 6.92 Å². The van der Waals surface area contributed by atoms with E-state index in [2.05, 4.69) is 86.2 Å². The first-order valence-electron chi connectivity index (χ1n) is 6.98. The summed E-state index contributed by atoms with van der Waals surface area (Å²) in [6.45, 7) is 6.82. The Morgan fingerprint density at radius 2 is 1.89 bits per heavy atom. The van der Waals surface area contributed by atoms with E-state index in [1.807, 2.05) is 0 Å². The molecule has 0 saturated carbocycles. The van der Waals surface area contributed by atoms with Crippen molar-refractivity contribution in [2.45, 2.75) is 38.5 Å². The average molecular weight is 254 g/mol. The van der Waals surface area contributed by atoms with Crippen LogP contribution < -0.4 is 4.90 Å². The third-order valence-corrected chi connectivity index (χ3v) is 4.73. The summed E-state index contributed by atoms with van der Waals surface area (Å²) in [7, 11) is 2.22. The van der Waals surface area contributed by atoms with Crippen molar-refractivity contribution >= 4 is 5.69 Å². The molecule has 2 heteroatoms. The number of para-hydroxylation sites is 1. The lowest BCUT2D eigenvalue weighted by Gasteiger charge is -2.40. The average Bonchev–Trinajstić information content (AvgIpc) is 2.59. The zero-order valence-corrected chi connectivity index (χ0v) is 12.2. The molecule has 0 N–H and O–H groups in total. The Bertz CT molecular complexity index is 546. The number of likely N-dealkylation sites (N-methyl/N-ethyl adjacent to an activating group) is 1. The molecule has 3 unspecified atom stereocenters. The van der Waals surface area contributed by atoms with Gasteiger partial charge in [-0.05, 0) is 39.4 Å². The molecule has 2 nitrogen and oxygen atoms in total. The summed E-state index contributed by atoms with van der Waals surface area (Å²) in [5.41, 5.74) is 2.72. The summed E-state index contributed by atoms with van der Waals surface area (Å²) in [6, 6.07) is 9.11. The first kappa shape index (κ1) is 12.5. The number of hydrogen-bond acceptors (Lipinski definition) is 2. The van der Waals surface area contributed by atoms with Crippen LogP contribution in [-0.2, 0) is 0 Å². The van der Waals surface area contributed by atoms with Crippen LogP contribution >= 0.6 is 0 Å². The van der Waals surface area contributed by atoms with Gasteiger partial charge in [-0.15, -0.1) is 0 Å². The van der Waals surface area contributed by atoms with Crippen LogP contribution in [0.25, 0.3) is 0 Å². The van der Waals surface area contributed by atoms with E-state index in [1.165, 1.54) is 11.3 Å². The summed E-state index contributed by atoms with van der Waals surface area (Å²) < 4.78 is 0. The maximum atomic E-state index is 2.55. The second kappa shape index (κ2) is 4.24. The second-order valence-electron chi connectivity index (χ2n) is 5.87. The number of hydrogen-bond donors (Lipinski definition) is 0. The van der Waals surface area contributed by atoms with Gasteiger partial charge >= 0.3 is 0 Å². The normalized spacial score (nSPS) is 33.8. The van der Waals surface area contributed by atoms with Crippen LogP contribution in [0.1, 0.15) is 19.4 Å². The predicted octanol–water partition coefficient (Wildman–Crippen LogP) is 3.35. The van der Waals surface area contributed by atoms with Gasteiger partial charge in [0.25, 0.3) is 0 Å². The van der Waals surface area contributed by atoms with Crippen molar-refractivity contribution in [2.24, 2.45) is 0 Å². The molecule has 19 heavy (non-hydrogen) atoms. The van der Waals surface area contributed by atoms with Gasteiger partial charge in [-0.3, -0.25) is 4.90 Å². The molecule has 1 aromatic rings. The van der Waals surface area contributed by atoms with Gasteiger partial charge in [0, 0.05) is 5.69 Å². The molecule has 1 saturated heterocycles. The van der Waals surface area contributed by atoms with E-state index in [0.717, 1.165) is 0 Å². The van der Waals surface area contributed by atoms with Crippen molar-refractivity contribution in [2.75, 3.05) is 11.9 Å². The number of aryl methyl sites for hydroxylation is 1. The van der Waals surface area contributed by atoms with Crippen LogP contribution in [0.5, 0.6) is 0 Å². The minimum atomic E-state index is 0.0367. The number of rotatable bonds is 1. The number of allylic oxidation sites excluding steroid dienone is 2. The van der Waals surface area contributed by atoms with Crippen molar-refractivity contribution in [1.82, 2.24) is 4.90 Å². The summed E-state index contributed by atoms with van der Waals surface area (Å²) in [4.78, 5) is 5.00. The SMILES string of the molecule is Cc1ccccc1N1C(C)N(C)C2C=CC=CC21C. The molecule has 3 atom stereocenters. The highest BCUT2D eigenvalue weighted by atomic mass is 15.5. The Hall–Kier alpha value is -1.54. The van der Waals surface area contributed by atoms with Crippen molar-refractivity contribution in [3.8, 4) is 0 Å². The zero-order valence-electron chi connectivity index (χ0n) is 12.2. The molecule has 1 fully saturated rings.